The molecule has 1 aliphatic rings. The van der Waals surface area contributed by atoms with Crippen LogP contribution in [0.3, 0.4) is 0 Å². The van der Waals surface area contributed by atoms with Crippen LogP contribution in [0.5, 0.6) is 6.01 Å². The predicted molar refractivity (Wildman–Crippen MR) is 74.8 cm³/mol. The third-order valence-corrected chi connectivity index (χ3v) is 3.90. The molecule has 3 rings (SSSR count). The summed E-state index contributed by atoms with van der Waals surface area (Å²) in [6, 6.07) is -0.895. The predicted octanol–water partition coefficient (Wildman–Crippen LogP) is -0.737. The van der Waals surface area contributed by atoms with Gasteiger partial charge in [0.1, 0.15) is 0 Å². The van der Waals surface area contributed by atoms with E-state index in [1.165, 1.54) is 23.2 Å². The lowest BCUT2D eigenvalue weighted by molar-refractivity contribution is -0.137. The lowest BCUT2D eigenvalue weighted by atomic mass is 10.1. The summed E-state index contributed by atoms with van der Waals surface area (Å²) >= 11 is 0. The zero-order valence-electron chi connectivity index (χ0n) is 12.3. The summed E-state index contributed by atoms with van der Waals surface area (Å²) in [4.78, 5) is 52.6. The highest BCUT2D eigenvalue weighted by atomic mass is 16.5. The molecule has 116 valence electrons. The molecule has 9 heteroatoms. The van der Waals surface area contributed by atoms with Crippen molar-refractivity contribution >= 4 is 22.9 Å². The van der Waals surface area contributed by atoms with E-state index in [4.69, 9.17) is 4.74 Å². The lowest BCUT2D eigenvalue weighted by Crippen LogP contribution is -2.41. The van der Waals surface area contributed by atoms with Gasteiger partial charge in [0.05, 0.1) is 12.5 Å². The summed E-state index contributed by atoms with van der Waals surface area (Å²) in [5.41, 5.74) is -1.05. The highest BCUT2D eigenvalue weighted by molar-refractivity contribution is 5.88. The molecule has 2 bridgehead atoms. The number of Topliss-reactive ketones (excluding diaryl/α,β-unsaturated/α-hetero) is 1. The Morgan fingerprint density at radius 3 is 2.45 bits per heavy atom. The maximum absolute atomic E-state index is 12.4. The molecule has 0 amide bonds. The fourth-order valence-electron chi connectivity index (χ4n) is 2.54. The Labute approximate surface area is 123 Å². The maximum atomic E-state index is 12.4. The van der Waals surface area contributed by atoms with Gasteiger partial charge in [-0.25, -0.2) is 4.79 Å². The van der Waals surface area contributed by atoms with Gasteiger partial charge >= 0.3 is 17.7 Å². The van der Waals surface area contributed by atoms with Crippen LogP contribution in [-0.4, -0.2) is 30.4 Å². The molecule has 0 aromatic carbocycles. The molecule has 1 atom stereocenters. The number of nitrogens with zero attached hydrogens (tertiary/aromatic N) is 4. The van der Waals surface area contributed by atoms with Crippen LogP contribution in [0.4, 0.5) is 0 Å². The number of aromatic nitrogens is 4. The largest absolute Gasteiger partial charge is 0.392 e. The second kappa shape index (κ2) is 4.65. The van der Waals surface area contributed by atoms with Gasteiger partial charge in [-0.05, 0) is 6.92 Å². The third kappa shape index (κ3) is 1.81. The molecule has 0 radical (unpaired) electrons. The second-order valence-electron chi connectivity index (χ2n) is 5.26. The summed E-state index contributed by atoms with van der Waals surface area (Å²) in [6.45, 7) is 1.55. The number of fused-ring (bicyclic) bond motifs is 1. The molecule has 9 nitrogen and oxygen atoms in total. The molecule has 0 aliphatic carbocycles. The van der Waals surface area contributed by atoms with Crippen molar-refractivity contribution in [2.24, 2.45) is 14.1 Å². The molecule has 2 aromatic rings. The molecule has 1 aliphatic heterocycles. The van der Waals surface area contributed by atoms with Gasteiger partial charge < -0.3 is 4.74 Å². The van der Waals surface area contributed by atoms with Crippen molar-refractivity contribution in [3.8, 4) is 6.01 Å². The van der Waals surface area contributed by atoms with Gasteiger partial charge in [0, 0.05) is 20.5 Å². The van der Waals surface area contributed by atoms with Gasteiger partial charge in [-0.15, -0.1) is 0 Å². The minimum atomic E-state index is -0.824. The summed E-state index contributed by atoms with van der Waals surface area (Å²) in [5.74, 6) is -0.903. The molecule has 3 heterocycles. The number of carbonyl (C=O) groups excluding carboxylic acids is 2. The Morgan fingerprint density at radius 1 is 1.09 bits per heavy atom. The third-order valence-electron chi connectivity index (χ3n) is 3.90. The fourth-order valence-corrected chi connectivity index (χ4v) is 2.54. The highest BCUT2D eigenvalue weighted by Crippen LogP contribution is 2.21. The van der Waals surface area contributed by atoms with E-state index in [1.54, 1.807) is 6.92 Å². The first-order valence-corrected chi connectivity index (χ1v) is 6.74. The number of esters is 1. The van der Waals surface area contributed by atoms with Crippen LogP contribution in [0.25, 0.3) is 11.2 Å². The summed E-state index contributed by atoms with van der Waals surface area (Å²) in [7, 11) is 2.84. The van der Waals surface area contributed by atoms with E-state index in [0.29, 0.717) is 0 Å². The quantitative estimate of drug-likeness (QED) is 0.594. The van der Waals surface area contributed by atoms with Gasteiger partial charge in [-0.2, -0.15) is 4.98 Å². The normalized spacial score (nSPS) is 18.8. The van der Waals surface area contributed by atoms with Crippen molar-refractivity contribution in [2.45, 2.75) is 25.8 Å². The number of ether oxygens (including phenoxy) is 1. The van der Waals surface area contributed by atoms with Crippen molar-refractivity contribution < 1.29 is 14.3 Å². The van der Waals surface area contributed by atoms with Crippen LogP contribution in [0.15, 0.2) is 9.59 Å². The highest BCUT2D eigenvalue weighted by Gasteiger charge is 2.28. The minimum absolute atomic E-state index is 0.0406. The molecule has 0 saturated carbocycles. The average molecular weight is 306 g/mol. The number of hydrogen-bond donors (Lipinski definition) is 0. The number of rotatable bonds is 0. The number of aryl methyl sites for hydroxylation is 1. The zero-order chi connectivity index (χ0) is 16.2. The van der Waals surface area contributed by atoms with Crippen LogP contribution in [0, 0.1) is 0 Å². The monoisotopic (exact) mass is 306 g/mol. The van der Waals surface area contributed by atoms with Crippen molar-refractivity contribution in [3.63, 3.8) is 0 Å². The number of imidazole rings is 1. The minimum Gasteiger partial charge on any atom is -0.392 e. The van der Waals surface area contributed by atoms with Crippen molar-refractivity contribution in [1.29, 1.82) is 0 Å². The van der Waals surface area contributed by atoms with E-state index >= 15 is 0 Å². The Bertz CT molecular complexity index is 933. The lowest BCUT2D eigenvalue weighted by Gasteiger charge is -2.15. The van der Waals surface area contributed by atoms with E-state index in [9.17, 15) is 19.2 Å². The molecule has 0 saturated heterocycles. The van der Waals surface area contributed by atoms with Crippen LogP contribution in [0.2, 0.25) is 0 Å². The Balaban J connectivity index is 2.51. The van der Waals surface area contributed by atoms with Crippen LogP contribution < -0.4 is 16.0 Å². The Morgan fingerprint density at radius 2 is 1.77 bits per heavy atom. The van der Waals surface area contributed by atoms with Crippen molar-refractivity contribution in [2.75, 3.05) is 0 Å². The smallest absolute Gasteiger partial charge is 0.333 e. The molecule has 0 N–H and O–H groups in total. The summed E-state index contributed by atoms with van der Waals surface area (Å²) in [6.07, 6.45) is -0.145. The number of ketones is 1. The van der Waals surface area contributed by atoms with Gasteiger partial charge in [0.2, 0.25) is 0 Å². The van der Waals surface area contributed by atoms with E-state index in [1.807, 2.05) is 0 Å². The first kappa shape index (κ1) is 14.2. The second-order valence-corrected chi connectivity index (χ2v) is 5.26. The molecule has 2 aromatic heterocycles. The Kier molecular flexibility index (Phi) is 3.01. The van der Waals surface area contributed by atoms with Gasteiger partial charge in [-0.3, -0.25) is 28.1 Å². The topological polar surface area (TPSA) is 105 Å². The van der Waals surface area contributed by atoms with E-state index in [0.717, 1.165) is 4.57 Å². The number of hydrogen-bond acceptors (Lipinski definition) is 6. The van der Waals surface area contributed by atoms with Crippen LogP contribution >= 0.6 is 0 Å². The molecule has 0 spiro atoms. The van der Waals surface area contributed by atoms with Gasteiger partial charge in [0.15, 0.2) is 16.9 Å². The van der Waals surface area contributed by atoms with Gasteiger partial charge in [-0.1, -0.05) is 0 Å². The average Bonchev–Trinajstić information content (AvgIpc) is 2.78. The zero-order valence-corrected chi connectivity index (χ0v) is 12.3. The van der Waals surface area contributed by atoms with Crippen LogP contribution in [-0.2, 0) is 23.7 Å². The first-order valence-electron chi connectivity index (χ1n) is 6.74. The van der Waals surface area contributed by atoms with E-state index in [2.05, 4.69) is 4.98 Å². The van der Waals surface area contributed by atoms with E-state index in [-0.39, 0.29) is 35.8 Å². The first-order chi connectivity index (χ1) is 10.3. The van der Waals surface area contributed by atoms with Crippen molar-refractivity contribution in [3.05, 3.63) is 20.8 Å². The van der Waals surface area contributed by atoms with Crippen LogP contribution in [0.1, 0.15) is 25.8 Å². The molecular formula is C13H14N4O5. The fraction of sp³-hybridized carbons (Fsp3) is 0.462. The summed E-state index contributed by atoms with van der Waals surface area (Å²) in [5, 5.41) is 0. The summed E-state index contributed by atoms with van der Waals surface area (Å²) < 4.78 is 8.47. The SMILES string of the molecule is CC1C(=O)CCC(=O)Oc2nc3c(c(=O)n(C)c(=O)n31)n2C. The molecule has 1 unspecified atom stereocenters. The number of carbonyl (C=O) groups is 2. The molecular weight excluding hydrogens is 292 g/mol. The van der Waals surface area contributed by atoms with E-state index < -0.39 is 23.3 Å². The maximum Gasteiger partial charge on any atom is 0.333 e. The standard InChI is InChI=1S/C13H14N4O5/c1-6-7(18)4-5-8(19)22-12-14-10-9(15(12)2)11(20)16(3)13(21)17(6)10/h6H,4-5H2,1-3H3. The van der Waals surface area contributed by atoms with Crippen molar-refractivity contribution in [1.82, 2.24) is 18.7 Å². The molecule has 0 fully saturated rings. The molecule has 22 heavy (non-hydrogen) atoms. The Hall–Kier alpha value is -2.71. The van der Waals surface area contributed by atoms with Gasteiger partial charge in [0.25, 0.3) is 5.56 Å².